The van der Waals surface area contributed by atoms with Crippen LogP contribution >= 0.6 is 10.7 Å². The van der Waals surface area contributed by atoms with Gasteiger partial charge in [-0.2, -0.15) is 0 Å². The molecule has 112 valence electrons. The first kappa shape index (κ1) is 16.9. The average molecular weight is 340 g/mol. The van der Waals surface area contributed by atoms with Gasteiger partial charge < -0.3 is 10.1 Å². The van der Waals surface area contributed by atoms with Crippen LogP contribution in [0.2, 0.25) is 0 Å². The standard InChI is InChI=1S/C11H14ClNO5S2/c1-18-9-4-3-8(7-10(9)20(12,16)17)11(14)13-5-6-19(2)15/h3-4,7H,5-6H2,1-2H3,(H,13,14). The second-order valence-electron chi connectivity index (χ2n) is 3.84. The van der Waals surface area contributed by atoms with E-state index in [1.54, 1.807) is 0 Å². The lowest BCUT2D eigenvalue weighted by Crippen LogP contribution is -2.27. The van der Waals surface area contributed by atoms with Crippen molar-refractivity contribution >= 4 is 36.4 Å². The Kier molecular flexibility index (Phi) is 5.97. The molecule has 0 bridgehead atoms. The molecule has 0 saturated carbocycles. The van der Waals surface area contributed by atoms with Crippen LogP contribution in [0.25, 0.3) is 0 Å². The van der Waals surface area contributed by atoms with Crippen molar-refractivity contribution in [2.24, 2.45) is 0 Å². The fraction of sp³-hybridized carbons (Fsp3) is 0.364. The van der Waals surface area contributed by atoms with Crippen molar-refractivity contribution in [3.8, 4) is 5.75 Å². The summed E-state index contributed by atoms with van der Waals surface area (Å²) in [7, 11) is 1.56. The highest BCUT2D eigenvalue weighted by Gasteiger charge is 2.19. The van der Waals surface area contributed by atoms with E-state index in [0.29, 0.717) is 5.75 Å². The molecular weight excluding hydrogens is 326 g/mol. The van der Waals surface area contributed by atoms with Gasteiger partial charge in [0.15, 0.2) is 0 Å². The molecule has 6 nitrogen and oxygen atoms in total. The van der Waals surface area contributed by atoms with Crippen LogP contribution in [0.4, 0.5) is 0 Å². The molecule has 1 aromatic carbocycles. The van der Waals surface area contributed by atoms with Gasteiger partial charge in [0.05, 0.1) is 7.11 Å². The number of hydrogen-bond acceptors (Lipinski definition) is 5. The molecule has 0 saturated heterocycles. The average Bonchev–Trinajstić information content (AvgIpc) is 2.36. The van der Waals surface area contributed by atoms with E-state index in [9.17, 15) is 17.4 Å². The number of hydrogen-bond donors (Lipinski definition) is 1. The summed E-state index contributed by atoms with van der Waals surface area (Å²) in [6, 6.07) is 3.91. The van der Waals surface area contributed by atoms with Crippen LogP contribution in [0.3, 0.4) is 0 Å². The number of carbonyl (C=O) groups is 1. The summed E-state index contributed by atoms with van der Waals surface area (Å²) in [5.74, 6) is -0.0892. The fourth-order valence-corrected chi connectivity index (χ4v) is 2.83. The van der Waals surface area contributed by atoms with Gasteiger partial charge in [0.25, 0.3) is 15.0 Å². The number of nitrogens with one attached hydrogen (secondary N) is 1. The maximum Gasteiger partial charge on any atom is 0.265 e. The van der Waals surface area contributed by atoms with Gasteiger partial charge in [-0.05, 0) is 18.2 Å². The summed E-state index contributed by atoms with van der Waals surface area (Å²) >= 11 is 0. The molecule has 0 heterocycles. The van der Waals surface area contributed by atoms with Crippen LogP contribution in [0.15, 0.2) is 23.1 Å². The Morgan fingerprint density at radius 2 is 2.10 bits per heavy atom. The Labute approximate surface area is 124 Å². The molecule has 0 aliphatic heterocycles. The zero-order valence-electron chi connectivity index (χ0n) is 10.9. The SMILES string of the molecule is COc1ccc(C(=O)NCCS(C)=O)cc1S(=O)(=O)Cl. The van der Waals surface area contributed by atoms with Gasteiger partial charge >= 0.3 is 0 Å². The Morgan fingerprint density at radius 3 is 2.60 bits per heavy atom. The molecule has 1 aromatic rings. The second kappa shape index (κ2) is 7.05. The molecule has 1 atom stereocenters. The van der Waals surface area contributed by atoms with Crippen LogP contribution < -0.4 is 10.1 Å². The van der Waals surface area contributed by atoms with Gasteiger partial charge in [-0.25, -0.2) is 8.42 Å². The lowest BCUT2D eigenvalue weighted by atomic mass is 10.2. The maximum atomic E-state index is 11.8. The highest BCUT2D eigenvalue weighted by atomic mass is 35.7. The molecule has 0 aromatic heterocycles. The summed E-state index contributed by atoms with van der Waals surface area (Å²) in [5, 5.41) is 2.54. The van der Waals surface area contributed by atoms with Crippen molar-refractivity contribution in [2.75, 3.05) is 25.7 Å². The van der Waals surface area contributed by atoms with Crippen molar-refractivity contribution < 1.29 is 22.2 Å². The van der Waals surface area contributed by atoms with Gasteiger partial charge in [-0.1, -0.05) is 0 Å². The van der Waals surface area contributed by atoms with E-state index >= 15 is 0 Å². The third-order valence-corrected chi connectivity index (χ3v) is 4.49. The minimum absolute atomic E-state index is 0.0613. The third kappa shape index (κ3) is 4.77. The zero-order chi connectivity index (χ0) is 15.3. The van der Waals surface area contributed by atoms with Crippen LogP contribution in [-0.2, 0) is 19.9 Å². The van der Waals surface area contributed by atoms with Gasteiger partial charge in [0, 0.05) is 45.6 Å². The predicted octanol–water partition coefficient (Wildman–Crippen LogP) is 0.731. The highest BCUT2D eigenvalue weighted by molar-refractivity contribution is 8.13. The molecule has 20 heavy (non-hydrogen) atoms. The monoisotopic (exact) mass is 339 g/mol. The lowest BCUT2D eigenvalue weighted by Gasteiger charge is -2.08. The molecule has 0 aliphatic rings. The predicted molar refractivity (Wildman–Crippen MR) is 77.3 cm³/mol. The van der Waals surface area contributed by atoms with Crippen LogP contribution in [0.1, 0.15) is 10.4 Å². The molecule has 1 amide bonds. The normalized spacial score (nSPS) is 12.8. The number of amides is 1. The molecule has 0 aliphatic carbocycles. The van der Waals surface area contributed by atoms with Crippen LogP contribution in [-0.4, -0.2) is 44.2 Å². The first-order valence-corrected chi connectivity index (χ1v) is 9.50. The summed E-state index contributed by atoms with van der Waals surface area (Å²) in [6.45, 7) is 0.233. The van der Waals surface area contributed by atoms with E-state index in [2.05, 4.69) is 5.32 Å². The number of carbonyl (C=O) groups excluding carboxylic acids is 1. The van der Waals surface area contributed by atoms with Crippen molar-refractivity contribution in [1.29, 1.82) is 0 Å². The van der Waals surface area contributed by atoms with Gasteiger partial charge in [0.2, 0.25) is 0 Å². The summed E-state index contributed by atoms with van der Waals surface area (Å²) < 4.78 is 38.6. The minimum Gasteiger partial charge on any atom is -0.495 e. The number of methoxy groups -OCH3 is 1. The molecule has 9 heteroatoms. The van der Waals surface area contributed by atoms with Crippen molar-refractivity contribution in [2.45, 2.75) is 4.90 Å². The van der Waals surface area contributed by atoms with E-state index in [4.69, 9.17) is 15.4 Å². The first-order chi connectivity index (χ1) is 9.25. The maximum absolute atomic E-state index is 11.8. The van der Waals surface area contributed by atoms with E-state index < -0.39 is 25.8 Å². The van der Waals surface area contributed by atoms with E-state index in [1.165, 1.54) is 25.5 Å². The van der Waals surface area contributed by atoms with Crippen molar-refractivity contribution in [3.05, 3.63) is 23.8 Å². The Morgan fingerprint density at radius 1 is 1.45 bits per heavy atom. The molecule has 0 spiro atoms. The minimum atomic E-state index is -4.02. The zero-order valence-corrected chi connectivity index (χ0v) is 13.3. The third-order valence-electron chi connectivity index (χ3n) is 2.36. The largest absolute Gasteiger partial charge is 0.495 e. The number of ether oxygens (including phenoxy) is 1. The second-order valence-corrected chi connectivity index (χ2v) is 7.93. The van der Waals surface area contributed by atoms with Crippen molar-refractivity contribution in [1.82, 2.24) is 5.32 Å². The molecule has 0 radical (unpaired) electrons. The molecule has 1 rings (SSSR count). The molecule has 1 unspecified atom stereocenters. The lowest BCUT2D eigenvalue weighted by molar-refractivity contribution is 0.0956. The highest BCUT2D eigenvalue weighted by Crippen LogP contribution is 2.27. The molecular formula is C11H14ClNO5S2. The summed E-state index contributed by atoms with van der Waals surface area (Å²) in [4.78, 5) is 11.5. The molecule has 0 fully saturated rings. The molecule has 1 N–H and O–H groups in total. The van der Waals surface area contributed by atoms with E-state index in [-0.39, 0.29) is 22.8 Å². The topological polar surface area (TPSA) is 89.5 Å². The van der Waals surface area contributed by atoms with Crippen LogP contribution in [0.5, 0.6) is 5.75 Å². The van der Waals surface area contributed by atoms with Crippen molar-refractivity contribution in [3.63, 3.8) is 0 Å². The smallest absolute Gasteiger partial charge is 0.265 e. The number of rotatable bonds is 6. The number of benzene rings is 1. The van der Waals surface area contributed by atoms with E-state index in [0.717, 1.165) is 6.07 Å². The Balaban J connectivity index is 2.97. The first-order valence-electron chi connectivity index (χ1n) is 5.46. The van der Waals surface area contributed by atoms with Gasteiger partial charge in [-0.15, -0.1) is 0 Å². The summed E-state index contributed by atoms with van der Waals surface area (Å²) in [6.07, 6.45) is 1.53. The van der Waals surface area contributed by atoms with E-state index in [1.807, 2.05) is 0 Å². The number of halogens is 1. The van der Waals surface area contributed by atoms with Gasteiger partial charge in [0.1, 0.15) is 10.6 Å². The van der Waals surface area contributed by atoms with Gasteiger partial charge in [-0.3, -0.25) is 9.00 Å². The quantitative estimate of drug-likeness (QED) is 0.772. The summed E-state index contributed by atoms with van der Waals surface area (Å²) in [5.41, 5.74) is 0.131. The van der Waals surface area contributed by atoms with Crippen LogP contribution in [0, 0.1) is 0 Å². The Hall–Kier alpha value is -1.12. The Bertz CT molecular complexity index is 630. The fourth-order valence-electron chi connectivity index (χ4n) is 1.42.